The summed E-state index contributed by atoms with van der Waals surface area (Å²) in [5, 5.41) is 18.1. The van der Waals surface area contributed by atoms with Crippen LogP contribution in [0.25, 0.3) is 16.7 Å². The topological polar surface area (TPSA) is 102 Å². The smallest absolute Gasteiger partial charge is 0.315 e. The second-order valence-corrected chi connectivity index (χ2v) is 6.19. The van der Waals surface area contributed by atoms with Gasteiger partial charge in [-0.25, -0.2) is 4.68 Å². The first kappa shape index (κ1) is 17.5. The minimum absolute atomic E-state index is 0.0679. The lowest BCUT2D eigenvalue weighted by Crippen LogP contribution is -2.19. The van der Waals surface area contributed by atoms with Crippen LogP contribution in [0.1, 0.15) is 5.69 Å². The summed E-state index contributed by atoms with van der Waals surface area (Å²) in [5.74, 6) is -0.649. The quantitative estimate of drug-likeness (QED) is 0.551. The molecule has 28 heavy (non-hydrogen) atoms. The number of para-hydroxylation sites is 2. The van der Waals surface area contributed by atoms with Gasteiger partial charge in [-0.2, -0.15) is 0 Å². The normalized spacial score (nSPS) is 11.5. The predicted molar refractivity (Wildman–Crippen MR) is 104 cm³/mol. The Morgan fingerprint density at radius 2 is 1.57 bits per heavy atom. The van der Waals surface area contributed by atoms with Gasteiger partial charge in [0, 0.05) is 7.05 Å². The molecule has 2 heterocycles. The second kappa shape index (κ2) is 6.66. The Kier molecular flexibility index (Phi) is 4.15. The van der Waals surface area contributed by atoms with Crippen molar-refractivity contribution in [2.45, 2.75) is 6.92 Å². The van der Waals surface area contributed by atoms with E-state index in [-0.39, 0.29) is 27.9 Å². The summed E-state index contributed by atoms with van der Waals surface area (Å²) in [6, 6.07) is 15.6. The molecule has 0 fully saturated rings. The second-order valence-electron chi connectivity index (χ2n) is 6.19. The fourth-order valence-electron chi connectivity index (χ4n) is 2.98. The molecule has 0 amide bonds. The van der Waals surface area contributed by atoms with E-state index >= 15 is 0 Å². The van der Waals surface area contributed by atoms with Crippen molar-refractivity contribution in [1.29, 1.82) is 0 Å². The molecule has 8 nitrogen and oxygen atoms in total. The third-order valence-electron chi connectivity index (χ3n) is 4.53. The monoisotopic (exact) mass is 376 g/mol. The molecule has 1 N–H and O–H groups in total. The fourth-order valence-corrected chi connectivity index (χ4v) is 2.98. The number of hydrogen-bond donors (Lipinski definition) is 1. The van der Waals surface area contributed by atoms with Crippen LogP contribution < -0.4 is 11.0 Å². The first-order chi connectivity index (χ1) is 13.5. The van der Waals surface area contributed by atoms with E-state index in [2.05, 4.69) is 10.2 Å². The molecule has 140 valence electrons. The summed E-state index contributed by atoms with van der Waals surface area (Å²) < 4.78 is 8.33. The molecule has 0 radical (unpaired) electrons. The van der Waals surface area contributed by atoms with E-state index in [0.29, 0.717) is 11.4 Å². The van der Waals surface area contributed by atoms with Gasteiger partial charge in [0.05, 0.1) is 16.8 Å². The first-order valence-corrected chi connectivity index (χ1v) is 8.49. The summed E-state index contributed by atoms with van der Waals surface area (Å²) in [4.78, 5) is 25.4. The van der Waals surface area contributed by atoms with E-state index in [1.165, 1.54) is 4.68 Å². The molecule has 0 bridgehead atoms. The van der Waals surface area contributed by atoms with Crippen LogP contribution >= 0.6 is 0 Å². The van der Waals surface area contributed by atoms with E-state index in [9.17, 15) is 14.7 Å². The third kappa shape index (κ3) is 2.71. The number of aromatic hydroxyl groups is 1. The Bertz CT molecular complexity index is 1330. The molecule has 0 unspecified atom stereocenters. The van der Waals surface area contributed by atoms with Crippen molar-refractivity contribution in [3.05, 3.63) is 80.9 Å². The van der Waals surface area contributed by atoms with Crippen LogP contribution in [0.15, 0.2) is 78.8 Å². The van der Waals surface area contributed by atoms with Crippen molar-refractivity contribution >= 4 is 22.3 Å². The molecule has 0 aliphatic rings. The number of benzene rings is 2. The summed E-state index contributed by atoms with van der Waals surface area (Å²) >= 11 is 0. The maximum Gasteiger partial charge on any atom is 0.315 e. The van der Waals surface area contributed by atoms with Crippen LogP contribution in [0, 0.1) is 6.92 Å². The molecule has 2 aromatic carbocycles. The minimum Gasteiger partial charge on any atom is -0.479 e. The SMILES string of the molecule is Cc1c(N=Nc2c(O)oc3ccccc3c2=O)c(=O)n(-c2ccccc2)n1C. The van der Waals surface area contributed by atoms with E-state index < -0.39 is 11.4 Å². The number of nitrogens with zero attached hydrogens (tertiary/aromatic N) is 4. The van der Waals surface area contributed by atoms with Crippen LogP contribution in [0.3, 0.4) is 0 Å². The van der Waals surface area contributed by atoms with Crippen LogP contribution in [0.4, 0.5) is 11.4 Å². The van der Waals surface area contributed by atoms with Gasteiger partial charge in [0.25, 0.3) is 5.56 Å². The van der Waals surface area contributed by atoms with Crippen LogP contribution in [0.5, 0.6) is 5.95 Å². The summed E-state index contributed by atoms with van der Waals surface area (Å²) in [5.41, 5.74) is 0.270. The van der Waals surface area contributed by atoms with Gasteiger partial charge in [0.2, 0.25) is 11.1 Å². The standard InChI is InChI=1S/C20H16N4O4/c1-12-16(19(26)24(23(12)2)13-8-4-3-5-9-13)21-22-17-18(25)14-10-6-7-11-15(14)28-20(17)27/h3-11,27H,1-2H3. The number of fused-ring (bicyclic) bond motifs is 1. The van der Waals surface area contributed by atoms with Gasteiger partial charge in [-0.1, -0.05) is 30.3 Å². The molecular formula is C20H16N4O4. The summed E-state index contributed by atoms with van der Waals surface area (Å²) in [6.45, 7) is 1.72. The molecule has 0 saturated carbocycles. The van der Waals surface area contributed by atoms with E-state index in [1.54, 1.807) is 55.1 Å². The first-order valence-electron chi connectivity index (χ1n) is 8.49. The number of azo groups is 1. The molecule has 0 aliphatic heterocycles. The average Bonchev–Trinajstić information content (AvgIpc) is 2.91. The lowest BCUT2D eigenvalue weighted by molar-refractivity contribution is 0.341. The van der Waals surface area contributed by atoms with Crippen LogP contribution in [-0.2, 0) is 7.05 Å². The highest BCUT2D eigenvalue weighted by molar-refractivity contribution is 5.80. The molecule has 0 saturated heterocycles. The zero-order chi connectivity index (χ0) is 19.8. The molecule has 2 aromatic heterocycles. The van der Waals surface area contributed by atoms with Gasteiger partial charge in [0.15, 0.2) is 5.69 Å². The van der Waals surface area contributed by atoms with Gasteiger partial charge in [0.1, 0.15) is 5.58 Å². The van der Waals surface area contributed by atoms with E-state index in [4.69, 9.17) is 4.42 Å². The highest BCUT2D eigenvalue weighted by atomic mass is 16.5. The molecule has 0 spiro atoms. The Labute approximate surface area is 158 Å². The van der Waals surface area contributed by atoms with Crippen molar-refractivity contribution in [3.63, 3.8) is 0 Å². The van der Waals surface area contributed by atoms with Crippen molar-refractivity contribution in [2.75, 3.05) is 0 Å². The Morgan fingerprint density at radius 1 is 0.929 bits per heavy atom. The van der Waals surface area contributed by atoms with Crippen LogP contribution in [-0.4, -0.2) is 14.5 Å². The Morgan fingerprint density at radius 3 is 2.32 bits per heavy atom. The molecule has 0 atom stereocenters. The van der Waals surface area contributed by atoms with Gasteiger partial charge < -0.3 is 9.52 Å². The van der Waals surface area contributed by atoms with E-state index in [1.807, 2.05) is 18.2 Å². The number of hydrogen-bond acceptors (Lipinski definition) is 6. The molecule has 4 aromatic rings. The molecule has 0 aliphatic carbocycles. The van der Waals surface area contributed by atoms with Gasteiger partial charge in [-0.05, 0) is 31.2 Å². The maximum absolute atomic E-state index is 12.8. The Balaban J connectivity index is 1.85. The zero-order valence-electron chi connectivity index (χ0n) is 15.2. The maximum atomic E-state index is 12.8. The van der Waals surface area contributed by atoms with Gasteiger partial charge in [-0.15, -0.1) is 10.2 Å². The fraction of sp³-hybridized carbons (Fsp3) is 0.100. The number of rotatable bonds is 3. The summed E-state index contributed by atoms with van der Waals surface area (Å²) in [6.07, 6.45) is 0. The zero-order valence-corrected chi connectivity index (χ0v) is 15.2. The van der Waals surface area contributed by atoms with Crippen molar-refractivity contribution in [1.82, 2.24) is 9.36 Å². The molecule has 8 heteroatoms. The van der Waals surface area contributed by atoms with Gasteiger partial charge >= 0.3 is 5.95 Å². The van der Waals surface area contributed by atoms with Crippen LogP contribution in [0.2, 0.25) is 0 Å². The van der Waals surface area contributed by atoms with Gasteiger partial charge in [-0.3, -0.25) is 14.3 Å². The average molecular weight is 376 g/mol. The highest BCUT2D eigenvalue weighted by Crippen LogP contribution is 2.28. The number of aromatic nitrogens is 2. The van der Waals surface area contributed by atoms with E-state index in [0.717, 1.165) is 0 Å². The highest BCUT2D eigenvalue weighted by Gasteiger charge is 2.17. The molecular weight excluding hydrogens is 360 g/mol. The lowest BCUT2D eigenvalue weighted by atomic mass is 10.2. The van der Waals surface area contributed by atoms with Crippen molar-refractivity contribution < 1.29 is 9.52 Å². The third-order valence-corrected chi connectivity index (χ3v) is 4.53. The Hall–Kier alpha value is -3.94. The molecule has 4 rings (SSSR count). The minimum atomic E-state index is -0.649. The van der Waals surface area contributed by atoms with Crippen molar-refractivity contribution in [2.24, 2.45) is 17.3 Å². The summed E-state index contributed by atoms with van der Waals surface area (Å²) in [7, 11) is 1.73. The largest absolute Gasteiger partial charge is 0.479 e. The van der Waals surface area contributed by atoms with Crippen molar-refractivity contribution in [3.8, 4) is 11.6 Å². The predicted octanol–water partition coefficient (Wildman–Crippen LogP) is 3.71. The lowest BCUT2D eigenvalue weighted by Gasteiger charge is -2.07.